The van der Waals surface area contributed by atoms with Gasteiger partial charge in [0, 0.05) is 12.8 Å². The quantitative estimate of drug-likeness (QED) is 0.770. The maximum atomic E-state index is 12.8. The molecule has 22 heavy (non-hydrogen) atoms. The summed E-state index contributed by atoms with van der Waals surface area (Å²) in [6.07, 6.45) is 0.150. The van der Waals surface area contributed by atoms with E-state index in [2.05, 4.69) is 0 Å². The Morgan fingerprint density at radius 1 is 0.864 bits per heavy atom. The molecule has 0 unspecified atom stereocenters. The second-order valence-electron chi connectivity index (χ2n) is 5.04. The molecule has 0 fully saturated rings. The summed E-state index contributed by atoms with van der Waals surface area (Å²) < 4.78 is 12.8. The second-order valence-corrected chi connectivity index (χ2v) is 5.04. The number of ketones is 2. The van der Waals surface area contributed by atoms with Crippen molar-refractivity contribution in [1.29, 1.82) is 5.26 Å². The number of carbonyl (C=O) groups is 2. The topological polar surface area (TPSA) is 57.9 Å². The van der Waals surface area contributed by atoms with Crippen molar-refractivity contribution in [3.8, 4) is 6.07 Å². The Bertz CT molecular complexity index is 712. The lowest BCUT2D eigenvalue weighted by Gasteiger charge is -2.02. The van der Waals surface area contributed by atoms with E-state index >= 15 is 0 Å². The first-order valence-corrected chi connectivity index (χ1v) is 6.83. The van der Waals surface area contributed by atoms with Gasteiger partial charge >= 0.3 is 0 Å². The standard InChI is InChI=1S/C18H14FNO2/c19-16-7-5-14(6-8-16)10-18(22)11-17(21)9-13-1-3-15(12-20)4-2-13/h1-8H,9-11H2. The molecule has 0 bridgehead atoms. The van der Waals surface area contributed by atoms with Gasteiger partial charge in [0.25, 0.3) is 0 Å². The van der Waals surface area contributed by atoms with Gasteiger partial charge in [0.1, 0.15) is 17.4 Å². The van der Waals surface area contributed by atoms with Gasteiger partial charge in [-0.3, -0.25) is 9.59 Å². The molecule has 0 radical (unpaired) electrons. The Balaban J connectivity index is 1.86. The van der Waals surface area contributed by atoms with Gasteiger partial charge in [-0.05, 0) is 35.4 Å². The van der Waals surface area contributed by atoms with Crippen LogP contribution in [0.2, 0.25) is 0 Å². The molecule has 0 heterocycles. The predicted octanol–water partition coefficient (Wildman–Crippen LogP) is 3.01. The van der Waals surface area contributed by atoms with E-state index in [0.29, 0.717) is 11.1 Å². The van der Waals surface area contributed by atoms with Gasteiger partial charge in [-0.25, -0.2) is 4.39 Å². The number of nitrogens with zero attached hydrogens (tertiary/aromatic N) is 1. The van der Waals surface area contributed by atoms with Crippen LogP contribution >= 0.6 is 0 Å². The summed E-state index contributed by atoms with van der Waals surface area (Å²) in [5, 5.41) is 8.70. The van der Waals surface area contributed by atoms with Crippen molar-refractivity contribution in [2.75, 3.05) is 0 Å². The van der Waals surface area contributed by atoms with Gasteiger partial charge in [-0.1, -0.05) is 24.3 Å². The average molecular weight is 295 g/mol. The zero-order valence-electron chi connectivity index (χ0n) is 11.9. The van der Waals surface area contributed by atoms with E-state index in [-0.39, 0.29) is 36.6 Å². The van der Waals surface area contributed by atoms with Crippen molar-refractivity contribution in [2.24, 2.45) is 0 Å². The predicted molar refractivity (Wildman–Crippen MR) is 79.6 cm³/mol. The average Bonchev–Trinajstić information content (AvgIpc) is 2.50. The summed E-state index contributed by atoms with van der Waals surface area (Å²) in [5.74, 6) is -0.713. The number of carbonyl (C=O) groups excluding carboxylic acids is 2. The molecule has 0 atom stereocenters. The highest BCUT2D eigenvalue weighted by atomic mass is 19.1. The molecule has 0 spiro atoms. The van der Waals surface area contributed by atoms with E-state index in [9.17, 15) is 14.0 Å². The first-order valence-electron chi connectivity index (χ1n) is 6.83. The Morgan fingerprint density at radius 3 is 1.77 bits per heavy atom. The molecule has 0 aliphatic carbocycles. The fourth-order valence-electron chi connectivity index (χ4n) is 2.10. The van der Waals surface area contributed by atoms with Crippen molar-refractivity contribution in [3.63, 3.8) is 0 Å². The molecule has 0 amide bonds. The Morgan fingerprint density at radius 2 is 1.32 bits per heavy atom. The molecule has 0 saturated heterocycles. The lowest BCUT2D eigenvalue weighted by atomic mass is 10.0. The van der Waals surface area contributed by atoms with E-state index in [1.807, 2.05) is 6.07 Å². The number of rotatable bonds is 6. The largest absolute Gasteiger partial charge is 0.299 e. The van der Waals surface area contributed by atoms with E-state index in [1.54, 1.807) is 36.4 Å². The number of hydrogen-bond donors (Lipinski definition) is 0. The van der Waals surface area contributed by atoms with Crippen molar-refractivity contribution in [1.82, 2.24) is 0 Å². The molecule has 2 aromatic rings. The van der Waals surface area contributed by atoms with Crippen LogP contribution in [0.25, 0.3) is 0 Å². The van der Waals surface area contributed by atoms with E-state index in [1.165, 1.54) is 12.1 Å². The summed E-state index contributed by atoms with van der Waals surface area (Å²) in [6.45, 7) is 0. The molecule has 0 saturated carbocycles. The molecule has 0 aliphatic heterocycles. The molecule has 110 valence electrons. The molecule has 3 nitrogen and oxygen atoms in total. The normalized spacial score (nSPS) is 10.0. The summed E-state index contributed by atoms with van der Waals surface area (Å²) in [5.41, 5.74) is 2.00. The van der Waals surface area contributed by atoms with E-state index in [0.717, 1.165) is 5.56 Å². The Hall–Kier alpha value is -2.80. The van der Waals surface area contributed by atoms with E-state index < -0.39 is 0 Å². The van der Waals surface area contributed by atoms with Crippen molar-refractivity contribution in [2.45, 2.75) is 19.3 Å². The van der Waals surface area contributed by atoms with Gasteiger partial charge in [0.05, 0.1) is 18.1 Å². The van der Waals surface area contributed by atoms with Crippen LogP contribution in [-0.2, 0) is 22.4 Å². The van der Waals surface area contributed by atoms with Crippen LogP contribution in [0, 0.1) is 17.1 Å². The third kappa shape index (κ3) is 4.64. The fourth-order valence-corrected chi connectivity index (χ4v) is 2.10. The van der Waals surface area contributed by atoms with Crippen LogP contribution < -0.4 is 0 Å². The number of halogens is 1. The molecule has 0 N–H and O–H groups in total. The number of benzene rings is 2. The van der Waals surface area contributed by atoms with Crippen LogP contribution in [0.5, 0.6) is 0 Å². The minimum atomic E-state index is -0.354. The summed E-state index contributed by atoms with van der Waals surface area (Å²) in [6, 6.07) is 14.4. The molecule has 0 aromatic heterocycles. The first-order chi connectivity index (χ1) is 10.6. The van der Waals surface area contributed by atoms with Crippen molar-refractivity contribution < 1.29 is 14.0 Å². The second kappa shape index (κ2) is 7.28. The van der Waals surface area contributed by atoms with Gasteiger partial charge in [-0.2, -0.15) is 5.26 Å². The number of Topliss-reactive ketones (excluding diaryl/α,β-unsaturated/α-hetero) is 2. The van der Waals surface area contributed by atoms with Crippen molar-refractivity contribution >= 4 is 11.6 Å². The molecule has 4 heteroatoms. The Kier molecular flexibility index (Phi) is 5.16. The van der Waals surface area contributed by atoms with Crippen LogP contribution in [0.4, 0.5) is 4.39 Å². The highest BCUT2D eigenvalue weighted by Crippen LogP contribution is 2.08. The SMILES string of the molecule is N#Cc1ccc(CC(=O)CC(=O)Cc2ccc(F)cc2)cc1. The minimum Gasteiger partial charge on any atom is -0.299 e. The smallest absolute Gasteiger partial charge is 0.144 e. The van der Waals surface area contributed by atoms with Gasteiger partial charge in [0.15, 0.2) is 0 Å². The molecule has 0 aliphatic rings. The molecular formula is C18H14FNO2. The van der Waals surface area contributed by atoms with Crippen molar-refractivity contribution in [3.05, 3.63) is 71.0 Å². The lowest BCUT2D eigenvalue weighted by Crippen LogP contribution is -2.12. The molecule has 2 aromatic carbocycles. The lowest BCUT2D eigenvalue weighted by molar-refractivity contribution is -0.126. The van der Waals surface area contributed by atoms with Gasteiger partial charge in [0.2, 0.25) is 0 Å². The van der Waals surface area contributed by atoms with Crippen LogP contribution in [-0.4, -0.2) is 11.6 Å². The molecular weight excluding hydrogens is 281 g/mol. The fraction of sp³-hybridized carbons (Fsp3) is 0.167. The maximum absolute atomic E-state index is 12.8. The number of hydrogen-bond acceptors (Lipinski definition) is 3. The summed E-state index contributed by atoms with van der Waals surface area (Å²) in [7, 11) is 0. The Labute approximate surface area is 128 Å². The third-order valence-corrected chi connectivity index (χ3v) is 3.19. The zero-order chi connectivity index (χ0) is 15.9. The van der Waals surface area contributed by atoms with Gasteiger partial charge < -0.3 is 0 Å². The number of nitriles is 1. The zero-order valence-corrected chi connectivity index (χ0v) is 11.9. The molecule has 2 rings (SSSR count). The monoisotopic (exact) mass is 295 g/mol. The van der Waals surface area contributed by atoms with Gasteiger partial charge in [-0.15, -0.1) is 0 Å². The summed E-state index contributed by atoms with van der Waals surface area (Å²) in [4.78, 5) is 23.7. The highest BCUT2D eigenvalue weighted by Gasteiger charge is 2.11. The van der Waals surface area contributed by atoms with Crippen LogP contribution in [0.3, 0.4) is 0 Å². The van der Waals surface area contributed by atoms with Crippen LogP contribution in [0.1, 0.15) is 23.1 Å². The first kappa shape index (κ1) is 15.6. The highest BCUT2D eigenvalue weighted by molar-refractivity contribution is 6.00. The minimum absolute atomic E-state index is 0.124. The third-order valence-electron chi connectivity index (χ3n) is 3.19. The van der Waals surface area contributed by atoms with E-state index in [4.69, 9.17) is 5.26 Å². The van der Waals surface area contributed by atoms with Crippen LogP contribution in [0.15, 0.2) is 48.5 Å². The maximum Gasteiger partial charge on any atom is 0.144 e. The summed E-state index contributed by atoms with van der Waals surface area (Å²) >= 11 is 0.